The van der Waals surface area contributed by atoms with Crippen molar-refractivity contribution in [1.29, 1.82) is 0 Å². The summed E-state index contributed by atoms with van der Waals surface area (Å²) in [5.74, 6) is 1.000. The Labute approximate surface area is 105 Å². The largest absolute Gasteiger partial charge is 0.484 e. The third kappa shape index (κ3) is 1.85. The molecule has 17 heavy (non-hydrogen) atoms. The predicted molar refractivity (Wildman–Crippen MR) is 71.6 cm³/mol. The van der Waals surface area contributed by atoms with Crippen molar-refractivity contribution in [3.05, 3.63) is 52.0 Å². The number of allylic oxidation sites excluding steroid dienone is 5. The summed E-state index contributed by atoms with van der Waals surface area (Å²) < 4.78 is 6.00. The predicted octanol–water partition coefficient (Wildman–Crippen LogP) is 3.40. The molecule has 88 valence electrons. The second-order valence-corrected chi connectivity index (χ2v) is 5.12. The average molecular weight is 245 g/mol. The standard InChI is InChI=1S/C14H15NOS/c15-9-13-11-7-8-17-14(11)10-5-3-1-2-4-6-12(10)16-13/h1,3-4,6-8,13H,2,5,9,15H2/b3-1?,6-4-. The van der Waals surface area contributed by atoms with E-state index in [2.05, 4.69) is 35.8 Å². The van der Waals surface area contributed by atoms with Crippen molar-refractivity contribution in [2.75, 3.05) is 6.54 Å². The zero-order chi connectivity index (χ0) is 11.7. The minimum absolute atomic E-state index is 0.0167. The summed E-state index contributed by atoms with van der Waals surface area (Å²) in [4.78, 5) is 1.35. The Balaban J connectivity index is 2.11. The molecule has 0 aromatic carbocycles. The maximum Gasteiger partial charge on any atom is 0.137 e. The molecular weight excluding hydrogens is 230 g/mol. The van der Waals surface area contributed by atoms with E-state index in [-0.39, 0.29) is 6.10 Å². The number of nitrogens with two attached hydrogens (primary N) is 1. The molecule has 3 rings (SSSR count). The van der Waals surface area contributed by atoms with Crippen molar-refractivity contribution in [3.63, 3.8) is 0 Å². The van der Waals surface area contributed by atoms with Crippen LogP contribution in [-0.2, 0) is 4.74 Å². The Hall–Kier alpha value is -1.32. The van der Waals surface area contributed by atoms with E-state index >= 15 is 0 Å². The molecule has 3 heteroatoms. The maximum absolute atomic E-state index is 6.00. The number of ether oxygens (including phenoxy) is 1. The van der Waals surface area contributed by atoms with Gasteiger partial charge in [-0.3, -0.25) is 0 Å². The SMILES string of the molecule is NCC1OC2=C(CC=CC/C=C\2)c2sccc21. The van der Waals surface area contributed by atoms with E-state index in [1.165, 1.54) is 16.0 Å². The topological polar surface area (TPSA) is 35.2 Å². The summed E-state index contributed by atoms with van der Waals surface area (Å²) in [6.07, 6.45) is 10.6. The van der Waals surface area contributed by atoms with Gasteiger partial charge in [-0.25, -0.2) is 0 Å². The summed E-state index contributed by atoms with van der Waals surface area (Å²) in [5, 5.41) is 2.12. The van der Waals surface area contributed by atoms with Crippen molar-refractivity contribution in [3.8, 4) is 0 Å². The van der Waals surface area contributed by atoms with E-state index in [1.807, 2.05) is 0 Å². The van der Waals surface area contributed by atoms with E-state index < -0.39 is 0 Å². The van der Waals surface area contributed by atoms with E-state index in [9.17, 15) is 0 Å². The molecule has 1 aliphatic heterocycles. The molecule has 2 nitrogen and oxygen atoms in total. The normalized spacial score (nSPS) is 24.4. The van der Waals surface area contributed by atoms with E-state index in [0.29, 0.717) is 6.54 Å². The molecule has 2 heterocycles. The highest BCUT2D eigenvalue weighted by Crippen LogP contribution is 2.41. The van der Waals surface area contributed by atoms with Crippen LogP contribution in [0.25, 0.3) is 5.57 Å². The Kier molecular flexibility index (Phi) is 2.87. The lowest BCUT2D eigenvalue weighted by Gasteiger charge is -2.27. The minimum atomic E-state index is 0.0167. The first kappa shape index (κ1) is 10.8. The van der Waals surface area contributed by atoms with Gasteiger partial charge in [-0.2, -0.15) is 0 Å². The van der Waals surface area contributed by atoms with E-state index in [4.69, 9.17) is 10.5 Å². The molecule has 1 aromatic rings. The van der Waals surface area contributed by atoms with Gasteiger partial charge in [-0.15, -0.1) is 11.3 Å². The Morgan fingerprint density at radius 1 is 1.35 bits per heavy atom. The van der Waals surface area contributed by atoms with Gasteiger partial charge >= 0.3 is 0 Å². The van der Waals surface area contributed by atoms with E-state index in [0.717, 1.165) is 18.6 Å². The molecule has 1 aromatic heterocycles. The molecular formula is C14H15NOS. The van der Waals surface area contributed by atoms with Crippen LogP contribution in [0.5, 0.6) is 0 Å². The summed E-state index contributed by atoms with van der Waals surface area (Å²) >= 11 is 1.79. The summed E-state index contributed by atoms with van der Waals surface area (Å²) in [5.41, 5.74) is 8.33. The third-order valence-electron chi connectivity index (χ3n) is 3.13. The maximum atomic E-state index is 6.00. The first-order valence-electron chi connectivity index (χ1n) is 5.89. The van der Waals surface area contributed by atoms with E-state index in [1.54, 1.807) is 11.3 Å². The van der Waals surface area contributed by atoms with Gasteiger partial charge in [0.05, 0.1) is 0 Å². The molecule has 0 saturated carbocycles. The van der Waals surface area contributed by atoms with Crippen molar-refractivity contribution in [2.45, 2.75) is 18.9 Å². The quantitative estimate of drug-likeness (QED) is 0.770. The number of thiophene rings is 1. The first-order chi connectivity index (χ1) is 8.40. The highest BCUT2D eigenvalue weighted by atomic mass is 32.1. The average Bonchev–Trinajstić information content (AvgIpc) is 2.78. The second-order valence-electron chi connectivity index (χ2n) is 4.20. The fourth-order valence-corrected chi connectivity index (χ4v) is 3.29. The van der Waals surface area contributed by atoms with Gasteiger partial charge < -0.3 is 10.5 Å². The van der Waals surface area contributed by atoms with Crippen LogP contribution < -0.4 is 5.73 Å². The van der Waals surface area contributed by atoms with Gasteiger partial charge in [0.1, 0.15) is 11.9 Å². The molecule has 0 spiro atoms. The van der Waals surface area contributed by atoms with Crippen LogP contribution in [-0.4, -0.2) is 6.54 Å². The first-order valence-corrected chi connectivity index (χ1v) is 6.77. The molecule has 0 saturated heterocycles. The number of hydrogen-bond donors (Lipinski definition) is 1. The van der Waals surface area contributed by atoms with Crippen LogP contribution in [0.1, 0.15) is 29.4 Å². The highest BCUT2D eigenvalue weighted by Gasteiger charge is 2.26. The molecule has 0 amide bonds. The van der Waals surface area contributed by atoms with Crippen LogP contribution in [0.4, 0.5) is 0 Å². The van der Waals surface area contributed by atoms with Gasteiger partial charge in [0.15, 0.2) is 0 Å². The van der Waals surface area contributed by atoms with Crippen molar-refractivity contribution < 1.29 is 4.74 Å². The smallest absolute Gasteiger partial charge is 0.137 e. The lowest BCUT2D eigenvalue weighted by atomic mass is 9.97. The van der Waals surface area contributed by atoms with Crippen molar-refractivity contribution >= 4 is 16.9 Å². The third-order valence-corrected chi connectivity index (χ3v) is 4.12. The van der Waals surface area contributed by atoms with Gasteiger partial charge in [0.2, 0.25) is 0 Å². The number of rotatable bonds is 1. The molecule has 0 radical (unpaired) electrons. The molecule has 1 atom stereocenters. The Morgan fingerprint density at radius 3 is 3.18 bits per heavy atom. The monoisotopic (exact) mass is 245 g/mol. The van der Waals surface area contributed by atoms with Gasteiger partial charge in [0, 0.05) is 22.6 Å². The molecule has 0 fully saturated rings. The van der Waals surface area contributed by atoms with Crippen LogP contribution in [0.15, 0.2) is 41.5 Å². The lowest BCUT2D eigenvalue weighted by Crippen LogP contribution is -2.19. The number of hydrogen-bond acceptors (Lipinski definition) is 3. The van der Waals surface area contributed by atoms with Gasteiger partial charge in [0.25, 0.3) is 0 Å². The Morgan fingerprint density at radius 2 is 2.29 bits per heavy atom. The molecule has 1 aliphatic carbocycles. The van der Waals surface area contributed by atoms with Gasteiger partial charge in [-0.1, -0.05) is 18.2 Å². The van der Waals surface area contributed by atoms with Crippen LogP contribution >= 0.6 is 11.3 Å². The summed E-state index contributed by atoms with van der Waals surface area (Å²) in [7, 11) is 0. The molecule has 2 N–H and O–H groups in total. The van der Waals surface area contributed by atoms with Gasteiger partial charge in [-0.05, 0) is 30.4 Å². The van der Waals surface area contributed by atoms with Crippen LogP contribution in [0.3, 0.4) is 0 Å². The lowest BCUT2D eigenvalue weighted by molar-refractivity contribution is 0.130. The van der Waals surface area contributed by atoms with Crippen molar-refractivity contribution in [1.82, 2.24) is 0 Å². The van der Waals surface area contributed by atoms with Crippen molar-refractivity contribution in [2.24, 2.45) is 5.73 Å². The molecule has 2 aliphatic rings. The summed E-state index contributed by atoms with van der Waals surface area (Å²) in [6.45, 7) is 0.532. The minimum Gasteiger partial charge on any atom is -0.484 e. The second kappa shape index (κ2) is 4.51. The zero-order valence-electron chi connectivity index (χ0n) is 9.56. The Bertz CT molecular complexity index is 510. The highest BCUT2D eigenvalue weighted by molar-refractivity contribution is 7.11. The zero-order valence-corrected chi connectivity index (χ0v) is 10.4. The molecule has 1 unspecified atom stereocenters. The summed E-state index contributed by atoms with van der Waals surface area (Å²) in [6, 6.07) is 2.13. The van der Waals surface area contributed by atoms with Crippen LogP contribution in [0, 0.1) is 0 Å². The fourth-order valence-electron chi connectivity index (χ4n) is 2.28. The number of fused-ring (bicyclic) bond motifs is 2. The van der Waals surface area contributed by atoms with Crippen LogP contribution in [0.2, 0.25) is 0 Å². The molecule has 0 bridgehead atoms. The fraction of sp³-hybridized carbons (Fsp3) is 0.286.